The number of oxime groups is 1. The molecule has 0 aliphatic carbocycles. The van der Waals surface area contributed by atoms with Crippen molar-refractivity contribution in [1.29, 1.82) is 0 Å². The maximum atomic E-state index is 14.0. The van der Waals surface area contributed by atoms with E-state index in [1.807, 2.05) is 6.07 Å². The molecule has 0 aromatic heterocycles. The van der Waals surface area contributed by atoms with Gasteiger partial charge in [0.15, 0.2) is 5.84 Å². The Morgan fingerprint density at radius 3 is 3.00 bits per heavy atom. The molecule has 3 N–H and O–H groups in total. The van der Waals surface area contributed by atoms with Crippen molar-refractivity contribution >= 4 is 11.5 Å². The Bertz CT molecular complexity index is 534. The summed E-state index contributed by atoms with van der Waals surface area (Å²) >= 11 is 0. The number of fused-ring (bicyclic) bond motifs is 1. The van der Waals surface area contributed by atoms with Crippen molar-refractivity contribution < 1.29 is 9.60 Å². The molecule has 6 heteroatoms. The predicted molar refractivity (Wildman–Crippen MR) is 75.7 cm³/mol. The second-order valence-corrected chi connectivity index (χ2v) is 5.40. The topological polar surface area (TPSA) is 65.1 Å². The smallest absolute Gasteiger partial charge is 0.175 e. The van der Waals surface area contributed by atoms with Gasteiger partial charge in [0.05, 0.1) is 11.3 Å². The quantitative estimate of drug-likeness (QED) is 0.369. The van der Waals surface area contributed by atoms with Gasteiger partial charge in [0.2, 0.25) is 0 Å². The van der Waals surface area contributed by atoms with Crippen molar-refractivity contribution in [2.24, 2.45) is 10.9 Å². The zero-order valence-electron chi connectivity index (χ0n) is 11.3. The van der Waals surface area contributed by atoms with E-state index in [1.54, 1.807) is 6.07 Å². The van der Waals surface area contributed by atoms with Crippen LogP contribution < -0.4 is 10.6 Å². The lowest BCUT2D eigenvalue weighted by Crippen LogP contribution is -2.50. The van der Waals surface area contributed by atoms with Crippen LogP contribution in [0.25, 0.3) is 0 Å². The molecule has 2 saturated heterocycles. The molecule has 0 spiro atoms. The van der Waals surface area contributed by atoms with Crippen LogP contribution in [0.3, 0.4) is 0 Å². The minimum Gasteiger partial charge on any atom is -0.409 e. The normalized spacial score (nSPS) is 23.9. The monoisotopic (exact) mass is 278 g/mol. The maximum absolute atomic E-state index is 14.0. The van der Waals surface area contributed by atoms with Gasteiger partial charge in [0.25, 0.3) is 0 Å². The first kappa shape index (κ1) is 13.2. The first-order valence-electron chi connectivity index (χ1n) is 6.96. The van der Waals surface area contributed by atoms with Crippen LogP contribution in [0.1, 0.15) is 18.4 Å². The van der Waals surface area contributed by atoms with Gasteiger partial charge in [-0.05, 0) is 31.5 Å². The molecule has 2 heterocycles. The third kappa shape index (κ3) is 2.20. The molecule has 108 valence electrons. The lowest BCUT2D eigenvalue weighted by Gasteiger charge is -2.39. The van der Waals surface area contributed by atoms with E-state index >= 15 is 0 Å². The molecule has 1 unspecified atom stereocenters. The number of halogens is 1. The van der Waals surface area contributed by atoms with Crippen molar-refractivity contribution in [3.8, 4) is 0 Å². The molecule has 1 aromatic rings. The molecule has 2 aliphatic heterocycles. The Kier molecular flexibility index (Phi) is 3.48. The molecule has 2 fully saturated rings. The minimum absolute atomic E-state index is 0.174. The first-order valence-corrected chi connectivity index (χ1v) is 6.96. The van der Waals surface area contributed by atoms with Gasteiger partial charge in [-0.1, -0.05) is 11.2 Å². The van der Waals surface area contributed by atoms with Crippen LogP contribution in [0.5, 0.6) is 0 Å². The number of benzene rings is 1. The van der Waals surface area contributed by atoms with E-state index in [2.05, 4.69) is 15.0 Å². The summed E-state index contributed by atoms with van der Waals surface area (Å²) in [6.45, 7) is 3.85. The summed E-state index contributed by atoms with van der Waals surface area (Å²) in [6.07, 6.45) is 2.42. The number of nitrogens with two attached hydrogens (primary N) is 1. The zero-order chi connectivity index (χ0) is 14.1. The summed E-state index contributed by atoms with van der Waals surface area (Å²) in [5.41, 5.74) is 6.54. The lowest BCUT2D eigenvalue weighted by atomic mass is 10.1. The lowest BCUT2D eigenvalue weighted by molar-refractivity contribution is 0.231. The summed E-state index contributed by atoms with van der Waals surface area (Å²) in [6, 6.07) is 5.37. The van der Waals surface area contributed by atoms with Gasteiger partial charge in [0, 0.05) is 25.7 Å². The highest BCUT2D eigenvalue weighted by Gasteiger charge is 2.32. The SMILES string of the molecule is N/C(=N/O)c1c(F)cccc1N1CCN2CCCC2C1. The highest BCUT2D eigenvalue weighted by molar-refractivity contribution is 6.02. The fourth-order valence-corrected chi connectivity index (χ4v) is 3.29. The number of amidine groups is 1. The van der Waals surface area contributed by atoms with E-state index in [9.17, 15) is 4.39 Å². The second-order valence-electron chi connectivity index (χ2n) is 5.40. The van der Waals surface area contributed by atoms with Crippen LogP contribution in [0.4, 0.5) is 10.1 Å². The van der Waals surface area contributed by atoms with Gasteiger partial charge >= 0.3 is 0 Å². The van der Waals surface area contributed by atoms with Crippen LogP contribution >= 0.6 is 0 Å². The van der Waals surface area contributed by atoms with Crippen LogP contribution in [0.2, 0.25) is 0 Å². The summed E-state index contributed by atoms with van der Waals surface area (Å²) in [4.78, 5) is 4.63. The molecular weight excluding hydrogens is 259 g/mol. The van der Waals surface area contributed by atoms with Crippen LogP contribution in [-0.4, -0.2) is 48.2 Å². The molecule has 1 atom stereocenters. The fraction of sp³-hybridized carbons (Fsp3) is 0.500. The zero-order valence-corrected chi connectivity index (χ0v) is 11.3. The standard InChI is InChI=1S/C14H19FN4O/c15-11-4-1-5-12(13(11)14(16)17-20)19-8-7-18-6-2-3-10(18)9-19/h1,4-5,10,20H,2-3,6-9H2,(H2,16,17). The highest BCUT2D eigenvalue weighted by Crippen LogP contribution is 2.28. The Balaban J connectivity index is 1.92. The maximum Gasteiger partial charge on any atom is 0.175 e. The Labute approximate surface area is 117 Å². The van der Waals surface area contributed by atoms with Gasteiger partial charge in [-0.15, -0.1) is 0 Å². The van der Waals surface area contributed by atoms with Crippen molar-refractivity contribution in [3.05, 3.63) is 29.6 Å². The third-order valence-corrected chi connectivity index (χ3v) is 4.28. The highest BCUT2D eigenvalue weighted by atomic mass is 19.1. The van der Waals surface area contributed by atoms with Gasteiger partial charge in [0.1, 0.15) is 5.82 Å². The molecule has 2 aliphatic rings. The van der Waals surface area contributed by atoms with Crippen LogP contribution in [-0.2, 0) is 0 Å². The van der Waals surface area contributed by atoms with Crippen molar-refractivity contribution in [2.75, 3.05) is 31.1 Å². The first-order chi connectivity index (χ1) is 9.70. The van der Waals surface area contributed by atoms with E-state index in [4.69, 9.17) is 10.9 Å². The van der Waals surface area contributed by atoms with Gasteiger partial charge < -0.3 is 15.8 Å². The van der Waals surface area contributed by atoms with Gasteiger partial charge in [-0.25, -0.2) is 4.39 Å². The van der Waals surface area contributed by atoms with E-state index in [0.29, 0.717) is 11.7 Å². The van der Waals surface area contributed by atoms with Crippen molar-refractivity contribution in [3.63, 3.8) is 0 Å². The molecule has 0 saturated carbocycles. The summed E-state index contributed by atoms with van der Waals surface area (Å²) < 4.78 is 14.0. The summed E-state index contributed by atoms with van der Waals surface area (Å²) in [5, 5.41) is 11.8. The molecule has 0 bridgehead atoms. The number of rotatable bonds is 2. The molecular formula is C14H19FN4O. The van der Waals surface area contributed by atoms with Gasteiger partial charge in [-0.3, -0.25) is 4.90 Å². The minimum atomic E-state index is -0.452. The van der Waals surface area contributed by atoms with Gasteiger partial charge in [-0.2, -0.15) is 0 Å². The second kappa shape index (κ2) is 5.28. The van der Waals surface area contributed by atoms with E-state index in [0.717, 1.165) is 26.2 Å². The van der Waals surface area contributed by atoms with E-state index in [1.165, 1.54) is 18.9 Å². The number of nitrogens with zero attached hydrogens (tertiary/aromatic N) is 3. The molecule has 3 rings (SSSR count). The number of hydrogen-bond donors (Lipinski definition) is 2. The largest absolute Gasteiger partial charge is 0.409 e. The Morgan fingerprint density at radius 1 is 1.35 bits per heavy atom. The molecule has 0 radical (unpaired) electrons. The average Bonchev–Trinajstić information content (AvgIpc) is 2.93. The van der Waals surface area contributed by atoms with Crippen molar-refractivity contribution in [1.82, 2.24) is 4.90 Å². The van der Waals surface area contributed by atoms with Crippen molar-refractivity contribution in [2.45, 2.75) is 18.9 Å². The van der Waals surface area contributed by atoms with Crippen LogP contribution in [0, 0.1) is 5.82 Å². The molecule has 5 nitrogen and oxygen atoms in total. The van der Waals surface area contributed by atoms with Crippen LogP contribution in [0.15, 0.2) is 23.4 Å². The number of hydrogen-bond acceptors (Lipinski definition) is 4. The molecule has 20 heavy (non-hydrogen) atoms. The third-order valence-electron chi connectivity index (χ3n) is 4.28. The van der Waals surface area contributed by atoms with E-state index in [-0.39, 0.29) is 11.4 Å². The number of piperazine rings is 1. The Morgan fingerprint density at radius 2 is 2.20 bits per heavy atom. The molecule has 1 aromatic carbocycles. The van der Waals surface area contributed by atoms with E-state index < -0.39 is 5.82 Å². The average molecular weight is 278 g/mol. The number of anilines is 1. The fourth-order valence-electron chi connectivity index (χ4n) is 3.29. The summed E-state index contributed by atoms with van der Waals surface area (Å²) in [5.74, 6) is -0.626. The Hall–Kier alpha value is -1.82. The predicted octanol–water partition coefficient (Wildman–Crippen LogP) is 1.20. The molecule has 0 amide bonds. The summed E-state index contributed by atoms with van der Waals surface area (Å²) in [7, 11) is 0.